The number of hydrogen-bond donors (Lipinski definition) is 15. The summed E-state index contributed by atoms with van der Waals surface area (Å²) in [6.45, 7) is 0. The quantitative estimate of drug-likeness (QED) is 0.0640. The van der Waals surface area contributed by atoms with Crippen LogP contribution in [0, 0.1) is 0 Å². The average Bonchev–Trinajstić information content (AvgIpc) is 2.41. The molecule has 0 aromatic heterocycles. The van der Waals surface area contributed by atoms with E-state index in [0.29, 0.717) is 0 Å². The molecule has 0 rings (SSSR count). The van der Waals surface area contributed by atoms with Crippen LogP contribution in [0.5, 0.6) is 0 Å². The van der Waals surface area contributed by atoms with E-state index in [1.807, 2.05) is 0 Å². The van der Waals surface area contributed by atoms with Gasteiger partial charge < -0.3 is 97.2 Å². The zero-order valence-electron chi connectivity index (χ0n) is 20.6. The van der Waals surface area contributed by atoms with Gasteiger partial charge in [-0.1, -0.05) is 0 Å². The third kappa shape index (κ3) is 8.52. The molecule has 0 spiro atoms. The van der Waals surface area contributed by atoms with Crippen molar-refractivity contribution in [2.24, 2.45) is 0 Å². The molecule has 0 saturated carbocycles. The zero-order chi connectivity index (χ0) is 33.6. The molecule has 2 atom stereocenters. The van der Waals surface area contributed by atoms with E-state index in [9.17, 15) is 129 Å². The summed E-state index contributed by atoms with van der Waals surface area (Å²) in [4.78, 5) is 176. The fourth-order valence-corrected chi connectivity index (χ4v) is 22.4. The van der Waals surface area contributed by atoms with E-state index in [-0.39, 0.29) is 88.7 Å². The van der Waals surface area contributed by atoms with Gasteiger partial charge >= 0.3 is 151 Å². The minimum atomic E-state index is -9.04. The molecule has 15 N–H and O–H groups in total. The summed E-state index contributed by atoms with van der Waals surface area (Å²) in [5.74, 6) is 0. The normalized spacial score (nSPS) is 17.9. The molecule has 0 aromatic carbocycles. The van der Waals surface area contributed by atoms with Gasteiger partial charge in [0.2, 0.25) is 4.76 Å². The van der Waals surface area contributed by atoms with Crippen LogP contribution in [-0.2, 0) is 41.1 Å². The predicted octanol–water partition coefficient (Wildman–Crippen LogP) is -15.2. The second-order valence-electron chi connectivity index (χ2n) is 6.96. The molecule has 0 aliphatic carbocycles. The van der Waals surface area contributed by atoms with Gasteiger partial charge in [-0.05, 0) is 7.60 Å². The molecule has 0 saturated heterocycles. The minimum absolute atomic E-state index is 0. The van der Waals surface area contributed by atoms with Gasteiger partial charge in [0, 0.05) is 0 Å². The summed E-state index contributed by atoms with van der Waals surface area (Å²) in [5.41, 5.74) is 0. The maximum atomic E-state index is 12.3. The Hall–Kier alpha value is 4.31. The Morgan fingerprint density at radius 3 is 0.558 bits per heavy atom. The number of rotatable bonds is 12. The smallest absolute Gasteiger partial charge is 0.809 e. The van der Waals surface area contributed by atoms with Crippen LogP contribution in [0.25, 0.3) is 0 Å². The van der Waals surface area contributed by atoms with Crippen LogP contribution in [0.2, 0.25) is 0 Å². The fraction of sp³-hybridized carbons (Fsp3) is 1.00. The maximum absolute atomic E-state index is 12.3. The van der Waals surface area contributed by atoms with Crippen molar-refractivity contribution in [3.63, 3.8) is 0 Å². The van der Waals surface area contributed by atoms with Gasteiger partial charge in [0.05, 0.1) is 0 Å². The van der Waals surface area contributed by atoms with Gasteiger partial charge in [-0.15, -0.1) is 0 Å². The molecule has 0 fully saturated rings. The van der Waals surface area contributed by atoms with Gasteiger partial charge in [0.25, 0.3) is 0 Å². The van der Waals surface area contributed by atoms with Crippen LogP contribution in [0.15, 0.2) is 0 Å². The van der Waals surface area contributed by atoms with Crippen LogP contribution in [0.4, 0.5) is 0 Å². The first kappa shape index (κ1) is 54.1. The van der Waals surface area contributed by atoms with E-state index in [1.165, 1.54) is 0 Å². The topological polar surface area (TPSA) is 530 Å². The SMILES string of the molecule is O=P([O-])([O-])C(N(C(P(=O)(O)O)(P(=O)(O)O)P(=O)(O)O)C(P(=O)(O)O)(P(=O)(O)O)P(=O)(O)O)(P(=O)([O-])O)P(=O)(O)O.[Na+].[Na+].[Na+]. The van der Waals surface area contributed by atoms with Crippen LogP contribution in [0.3, 0.4) is 0 Å². The second-order valence-corrected chi connectivity index (χ2v) is 25.6. The predicted molar refractivity (Wildman–Crippen MR) is 112 cm³/mol. The van der Waals surface area contributed by atoms with E-state index in [4.69, 9.17) is 0 Å². The summed E-state index contributed by atoms with van der Waals surface area (Å²) in [6, 6.07) is 0. The first-order valence-corrected chi connectivity index (χ1v) is 22.3. The van der Waals surface area contributed by atoms with Crippen molar-refractivity contribution in [2.45, 2.75) is 14.3 Å². The molecule has 28 nitrogen and oxygen atoms in total. The Labute approximate surface area is 302 Å². The van der Waals surface area contributed by atoms with Crippen molar-refractivity contribution in [1.29, 1.82) is 0 Å². The monoisotopic (exact) mass is 845 g/mol. The summed E-state index contributed by atoms with van der Waals surface area (Å²) in [5, 5.41) is 0. The second kappa shape index (κ2) is 15.1. The Bertz CT molecular complexity index is 1120. The third-order valence-corrected chi connectivity index (χ3v) is 27.1. The van der Waals surface area contributed by atoms with Gasteiger partial charge in [-0.25, -0.2) is 4.90 Å². The largest absolute Gasteiger partial charge is 1.00 e. The Kier molecular flexibility index (Phi) is 19.0. The molecule has 0 aliphatic rings. The zero-order valence-corrected chi connectivity index (χ0v) is 34.6. The molecular formula is C3H15NNa3O27P9. The number of hydrogen-bond acceptors (Lipinski definition) is 13. The Balaban J connectivity index is -0.00000253. The van der Waals surface area contributed by atoms with Crippen LogP contribution in [-0.4, -0.2) is 92.6 Å². The van der Waals surface area contributed by atoms with E-state index in [2.05, 4.69) is 0 Å². The van der Waals surface area contributed by atoms with Crippen molar-refractivity contribution in [2.75, 3.05) is 0 Å². The summed E-state index contributed by atoms with van der Waals surface area (Å²) >= 11 is 0. The van der Waals surface area contributed by atoms with E-state index >= 15 is 0 Å². The number of nitrogens with zero attached hydrogens (tertiary/aromatic N) is 1. The minimum Gasteiger partial charge on any atom is -0.809 e. The molecule has 43 heavy (non-hydrogen) atoms. The van der Waals surface area contributed by atoms with Gasteiger partial charge in [-0.2, -0.15) is 0 Å². The van der Waals surface area contributed by atoms with Crippen molar-refractivity contribution >= 4 is 68.4 Å². The third-order valence-electron chi connectivity index (χ3n) is 4.38. The molecule has 0 aliphatic heterocycles. The molecule has 2 unspecified atom stereocenters. The van der Waals surface area contributed by atoms with Crippen LogP contribution >= 0.6 is 68.4 Å². The molecule has 0 heterocycles. The molecule has 0 amide bonds. The van der Waals surface area contributed by atoms with Crippen LogP contribution < -0.4 is 103 Å². The molecule has 0 radical (unpaired) electrons. The van der Waals surface area contributed by atoms with E-state index in [0.717, 1.165) is 0 Å². The van der Waals surface area contributed by atoms with Crippen molar-refractivity contribution in [3.8, 4) is 0 Å². The van der Waals surface area contributed by atoms with E-state index in [1.54, 1.807) is 0 Å². The maximum Gasteiger partial charge on any atom is 1.00 e. The molecular weight excluding hydrogens is 830 g/mol. The fourth-order valence-electron chi connectivity index (χ4n) is 3.26. The first-order valence-electron chi connectivity index (χ1n) is 7.87. The van der Waals surface area contributed by atoms with E-state index < -0.39 is 87.5 Å². The van der Waals surface area contributed by atoms with Crippen molar-refractivity contribution in [3.05, 3.63) is 0 Å². The molecule has 0 aromatic rings. The summed E-state index contributed by atoms with van der Waals surface area (Å²) in [7, 11) is -77.9. The molecule has 242 valence electrons. The average molecular weight is 845 g/mol. The van der Waals surface area contributed by atoms with Gasteiger partial charge in [0.15, 0.2) is 7.60 Å². The van der Waals surface area contributed by atoms with Gasteiger partial charge in [0.1, 0.15) is 0 Å². The van der Waals surface area contributed by atoms with Crippen molar-refractivity contribution < 1.29 is 218 Å². The van der Waals surface area contributed by atoms with Crippen LogP contribution in [0.1, 0.15) is 0 Å². The Morgan fingerprint density at radius 1 is 0.349 bits per heavy atom. The summed E-state index contributed by atoms with van der Waals surface area (Å²) < 4.78 is 88.5. The van der Waals surface area contributed by atoms with Gasteiger partial charge in [-0.3, -0.25) is 32.0 Å². The molecule has 0 bridgehead atoms. The molecule has 40 heteroatoms. The standard InChI is InChI=1S/C3H18NO27P9.3Na/c5-32(6,7)1(33(8,9)10,34(11,12)13)4(2(35(14,15)16,36(17,18)19)37(20,21)22)3(38(23,24)25,39(26,27)28)40(29,30)31;;;/h(H2,5,6,7)(H2,8,9,10)(H2,11,12,13)(H2,14,15,16)(H2,17,18,19)(H2,20,21,22)(H2,23,24,25)(H2,26,27,28)(H2,29,30,31);;;/q;3*+1/p-3. The summed E-state index contributed by atoms with van der Waals surface area (Å²) in [6.07, 6.45) is 0. The Morgan fingerprint density at radius 2 is 0.488 bits per heavy atom. The van der Waals surface area contributed by atoms with Crippen molar-refractivity contribution in [1.82, 2.24) is 4.90 Å². The first-order chi connectivity index (χ1) is 16.6.